The highest BCUT2D eigenvalue weighted by Crippen LogP contribution is 2.20. The first-order chi connectivity index (χ1) is 15.6. The molecule has 3 amide bonds. The fourth-order valence-corrected chi connectivity index (χ4v) is 3.89. The van der Waals surface area contributed by atoms with Crippen LogP contribution in [0.3, 0.4) is 0 Å². The molecule has 0 aromatic heterocycles. The molecule has 1 fully saturated rings. The largest absolute Gasteiger partial charge is 0.368 e. The molecule has 32 heavy (non-hydrogen) atoms. The Labute approximate surface area is 188 Å². The molecule has 0 aliphatic carbocycles. The topological polar surface area (TPSA) is 64.7 Å². The van der Waals surface area contributed by atoms with Gasteiger partial charge in [-0.3, -0.25) is 4.79 Å². The third kappa shape index (κ3) is 5.66. The predicted molar refractivity (Wildman–Crippen MR) is 129 cm³/mol. The van der Waals surface area contributed by atoms with E-state index in [4.69, 9.17) is 0 Å². The molecule has 1 heterocycles. The molecule has 0 bridgehead atoms. The Balaban J connectivity index is 1.26. The lowest BCUT2D eigenvalue weighted by molar-refractivity contribution is -0.130. The van der Waals surface area contributed by atoms with Crippen LogP contribution in [-0.2, 0) is 11.2 Å². The van der Waals surface area contributed by atoms with Crippen molar-refractivity contribution in [2.75, 3.05) is 41.7 Å². The second-order valence-corrected chi connectivity index (χ2v) is 8.03. The van der Waals surface area contributed by atoms with Gasteiger partial charge in [0.25, 0.3) is 0 Å². The molecular formula is C26H28N4O2. The second kappa shape index (κ2) is 10.0. The number of rotatable bonds is 5. The van der Waals surface area contributed by atoms with E-state index in [1.165, 1.54) is 5.56 Å². The van der Waals surface area contributed by atoms with Crippen molar-refractivity contribution in [2.24, 2.45) is 0 Å². The van der Waals surface area contributed by atoms with E-state index in [1.54, 1.807) is 0 Å². The van der Waals surface area contributed by atoms with Crippen LogP contribution in [0.4, 0.5) is 21.9 Å². The molecule has 3 aromatic rings. The summed E-state index contributed by atoms with van der Waals surface area (Å²) >= 11 is 0. The van der Waals surface area contributed by atoms with Crippen LogP contribution in [0.2, 0.25) is 0 Å². The summed E-state index contributed by atoms with van der Waals surface area (Å²) in [5.74, 6) is 0.180. The molecule has 0 radical (unpaired) electrons. The summed E-state index contributed by atoms with van der Waals surface area (Å²) in [5.41, 5.74) is 4.81. The van der Waals surface area contributed by atoms with Gasteiger partial charge < -0.3 is 20.4 Å². The fourth-order valence-electron chi connectivity index (χ4n) is 3.89. The summed E-state index contributed by atoms with van der Waals surface area (Å²) in [6.45, 7) is 5.05. The first kappa shape index (κ1) is 21.4. The van der Waals surface area contributed by atoms with Crippen molar-refractivity contribution < 1.29 is 9.59 Å². The number of urea groups is 1. The minimum Gasteiger partial charge on any atom is -0.368 e. The van der Waals surface area contributed by atoms with Gasteiger partial charge in [-0.1, -0.05) is 48.0 Å². The van der Waals surface area contributed by atoms with Gasteiger partial charge in [0.05, 0.1) is 6.42 Å². The molecular weight excluding hydrogens is 400 g/mol. The van der Waals surface area contributed by atoms with Crippen molar-refractivity contribution in [1.29, 1.82) is 0 Å². The van der Waals surface area contributed by atoms with Gasteiger partial charge in [0, 0.05) is 43.2 Å². The molecule has 1 aliphatic rings. The van der Waals surface area contributed by atoms with Crippen molar-refractivity contribution in [3.8, 4) is 0 Å². The molecule has 6 nitrogen and oxygen atoms in total. The van der Waals surface area contributed by atoms with E-state index in [0.29, 0.717) is 19.5 Å². The number of hydrogen-bond donors (Lipinski definition) is 2. The first-order valence-corrected chi connectivity index (χ1v) is 10.9. The summed E-state index contributed by atoms with van der Waals surface area (Å²) in [6.07, 6.45) is 0.451. The molecule has 0 saturated carbocycles. The molecule has 164 valence electrons. The van der Waals surface area contributed by atoms with E-state index in [2.05, 4.69) is 21.6 Å². The molecule has 0 spiro atoms. The van der Waals surface area contributed by atoms with Gasteiger partial charge in [-0.15, -0.1) is 0 Å². The maximum absolute atomic E-state index is 12.7. The Bertz CT molecular complexity index is 1060. The van der Waals surface area contributed by atoms with E-state index in [-0.39, 0.29) is 11.9 Å². The minimum atomic E-state index is -0.273. The van der Waals surface area contributed by atoms with Crippen LogP contribution in [-0.4, -0.2) is 43.0 Å². The number of para-hydroxylation sites is 1. The Hall–Kier alpha value is -3.80. The number of carbonyl (C=O) groups excluding carboxylic acids is 2. The summed E-state index contributed by atoms with van der Waals surface area (Å²) in [7, 11) is 0. The van der Waals surface area contributed by atoms with Gasteiger partial charge >= 0.3 is 6.03 Å². The number of piperazine rings is 1. The van der Waals surface area contributed by atoms with Gasteiger partial charge in [-0.2, -0.15) is 0 Å². The normalized spacial score (nSPS) is 13.5. The van der Waals surface area contributed by atoms with E-state index in [0.717, 1.165) is 35.7 Å². The van der Waals surface area contributed by atoms with E-state index in [1.807, 2.05) is 84.6 Å². The highest BCUT2D eigenvalue weighted by atomic mass is 16.2. The molecule has 0 unspecified atom stereocenters. The zero-order chi connectivity index (χ0) is 22.3. The van der Waals surface area contributed by atoms with Crippen molar-refractivity contribution in [3.63, 3.8) is 0 Å². The van der Waals surface area contributed by atoms with Crippen LogP contribution in [0.25, 0.3) is 0 Å². The van der Waals surface area contributed by atoms with E-state index < -0.39 is 0 Å². The lowest BCUT2D eigenvalue weighted by atomic mass is 10.1. The van der Waals surface area contributed by atoms with E-state index in [9.17, 15) is 9.59 Å². The number of nitrogens with one attached hydrogen (secondary N) is 2. The Morgan fingerprint density at radius 2 is 1.44 bits per heavy atom. The van der Waals surface area contributed by atoms with Gasteiger partial charge in [0.15, 0.2) is 0 Å². The van der Waals surface area contributed by atoms with Gasteiger partial charge in [0.1, 0.15) is 0 Å². The second-order valence-electron chi connectivity index (χ2n) is 8.03. The van der Waals surface area contributed by atoms with Crippen LogP contribution in [0.5, 0.6) is 0 Å². The summed E-state index contributed by atoms with van der Waals surface area (Å²) in [4.78, 5) is 29.0. The molecule has 6 heteroatoms. The SMILES string of the molecule is Cc1cccc(CC(=O)N2CCN(c3ccc(NC(=O)Nc4ccccc4)cc3)CC2)c1. The van der Waals surface area contributed by atoms with Crippen LogP contribution in [0, 0.1) is 6.92 Å². The smallest absolute Gasteiger partial charge is 0.323 e. The summed E-state index contributed by atoms with van der Waals surface area (Å²) in [6, 6.07) is 25.0. The van der Waals surface area contributed by atoms with Crippen LogP contribution in [0.1, 0.15) is 11.1 Å². The lowest BCUT2D eigenvalue weighted by Gasteiger charge is -2.36. The summed E-state index contributed by atoms with van der Waals surface area (Å²) < 4.78 is 0. The number of carbonyl (C=O) groups is 2. The van der Waals surface area contributed by atoms with Crippen molar-refractivity contribution in [3.05, 3.63) is 90.0 Å². The maximum Gasteiger partial charge on any atom is 0.323 e. The first-order valence-electron chi connectivity index (χ1n) is 10.9. The number of anilines is 3. The van der Waals surface area contributed by atoms with Crippen molar-refractivity contribution in [2.45, 2.75) is 13.3 Å². The molecule has 3 aromatic carbocycles. The zero-order valence-electron chi connectivity index (χ0n) is 18.3. The standard InChI is InChI=1S/C26H28N4O2/c1-20-6-5-7-21(18-20)19-25(31)30-16-14-29(15-17-30)24-12-10-23(11-13-24)28-26(32)27-22-8-3-2-4-9-22/h2-13,18H,14-17,19H2,1H3,(H2,27,28,32). The Morgan fingerprint density at radius 3 is 2.09 bits per heavy atom. The van der Waals surface area contributed by atoms with Gasteiger partial charge in [-0.25, -0.2) is 4.79 Å². The van der Waals surface area contributed by atoms with Crippen LogP contribution in [0.15, 0.2) is 78.9 Å². The number of nitrogens with zero attached hydrogens (tertiary/aromatic N) is 2. The predicted octanol–water partition coefficient (Wildman–Crippen LogP) is 4.53. The minimum absolute atomic E-state index is 0.180. The number of amides is 3. The Kier molecular flexibility index (Phi) is 6.70. The number of benzene rings is 3. The third-order valence-corrected chi connectivity index (χ3v) is 5.59. The molecule has 1 saturated heterocycles. The van der Waals surface area contributed by atoms with Gasteiger partial charge in [0.2, 0.25) is 5.91 Å². The molecule has 4 rings (SSSR count). The highest BCUT2D eigenvalue weighted by molar-refractivity contribution is 5.99. The van der Waals surface area contributed by atoms with Gasteiger partial charge in [-0.05, 0) is 48.9 Å². The monoisotopic (exact) mass is 428 g/mol. The van der Waals surface area contributed by atoms with Crippen LogP contribution >= 0.6 is 0 Å². The Morgan fingerprint density at radius 1 is 0.781 bits per heavy atom. The molecule has 0 atom stereocenters. The van der Waals surface area contributed by atoms with Crippen molar-refractivity contribution in [1.82, 2.24) is 4.90 Å². The number of aryl methyl sites for hydroxylation is 1. The highest BCUT2D eigenvalue weighted by Gasteiger charge is 2.21. The van der Waals surface area contributed by atoms with E-state index >= 15 is 0 Å². The van der Waals surface area contributed by atoms with Crippen molar-refractivity contribution >= 4 is 29.0 Å². The average molecular weight is 429 g/mol. The summed E-state index contributed by atoms with van der Waals surface area (Å²) in [5, 5.41) is 5.65. The fraction of sp³-hybridized carbons (Fsp3) is 0.231. The zero-order valence-corrected chi connectivity index (χ0v) is 18.3. The average Bonchev–Trinajstić information content (AvgIpc) is 2.80. The maximum atomic E-state index is 12.7. The van der Waals surface area contributed by atoms with Crippen LogP contribution < -0.4 is 15.5 Å². The molecule has 1 aliphatic heterocycles. The quantitative estimate of drug-likeness (QED) is 0.628. The lowest BCUT2D eigenvalue weighted by Crippen LogP contribution is -2.49. The third-order valence-electron chi connectivity index (χ3n) is 5.59. The number of hydrogen-bond acceptors (Lipinski definition) is 3. The molecule has 2 N–H and O–H groups in total.